The maximum absolute atomic E-state index is 12.4. The van der Waals surface area contributed by atoms with E-state index in [1.54, 1.807) is 30.3 Å². The minimum absolute atomic E-state index is 0.0241. The molecule has 3 aromatic rings. The first-order valence-electron chi connectivity index (χ1n) is 9.54. The number of sulfonamides is 1. The Morgan fingerprint density at radius 3 is 2.34 bits per heavy atom. The van der Waals surface area contributed by atoms with Gasteiger partial charge in [-0.3, -0.25) is 4.79 Å². The number of aromatic amines is 1. The zero-order valence-corrected chi connectivity index (χ0v) is 18.0. The van der Waals surface area contributed by atoms with E-state index in [9.17, 15) is 13.2 Å². The van der Waals surface area contributed by atoms with Crippen molar-refractivity contribution in [2.75, 3.05) is 13.1 Å². The van der Waals surface area contributed by atoms with Gasteiger partial charge in [-0.15, -0.1) is 0 Å². The third kappa shape index (κ3) is 5.05. The molecular weight excluding hydrogens is 386 g/mol. The SMILES string of the molecule is Cc1ccc(S(=O)(=O)NCCNC(=O)c2cc3ccc(C(C)(C)C)cc3[nH]2)cc1. The van der Waals surface area contributed by atoms with Crippen LogP contribution >= 0.6 is 0 Å². The van der Waals surface area contributed by atoms with E-state index in [4.69, 9.17) is 0 Å². The first-order valence-corrected chi connectivity index (χ1v) is 11.0. The Morgan fingerprint density at radius 1 is 1.00 bits per heavy atom. The van der Waals surface area contributed by atoms with E-state index in [0.717, 1.165) is 16.5 Å². The fraction of sp³-hybridized carbons (Fsp3) is 0.318. The van der Waals surface area contributed by atoms with Crippen LogP contribution in [0.3, 0.4) is 0 Å². The summed E-state index contributed by atoms with van der Waals surface area (Å²) in [6.45, 7) is 8.61. The Labute approximate surface area is 171 Å². The lowest BCUT2D eigenvalue weighted by molar-refractivity contribution is 0.0950. The summed E-state index contributed by atoms with van der Waals surface area (Å²) in [6, 6.07) is 14.5. The van der Waals surface area contributed by atoms with Crippen LogP contribution in [0.5, 0.6) is 0 Å². The Morgan fingerprint density at radius 2 is 1.69 bits per heavy atom. The zero-order chi connectivity index (χ0) is 21.2. The van der Waals surface area contributed by atoms with Gasteiger partial charge in [-0.25, -0.2) is 13.1 Å². The molecule has 1 aromatic heterocycles. The standard InChI is InChI=1S/C22H27N3O3S/c1-15-5-9-18(10-6-15)29(27,28)24-12-11-23-21(26)20-13-16-7-8-17(22(2,3)4)14-19(16)25-20/h5-10,13-14,24-25H,11-12H2,1-4H3,(H,23,26). The van der Waals surface area contributed by atoms with E-state index >= 15 is 0 Å². The van der Waals surface area contributed by atoms with Crippen molar-refractivity contribution in [1.29, 1.82) is 0 Å². The van der Waals surface area contributed by atoms with Crippen LogP contribution in [-0.2, 0) is 15.4 Å². The normalized spacial score (nSPS) is 12.3. The second kappa shape index (κ2) is 8.00. The van der Waals surface area contributed by atoms with Crippen molar-refractivity contribution < 1.29 is 13.2 Å². The van der Waals surface area contributed by atoms with Gasteiger partial charge in [0.1, 0.15) is 5.69 Å². The monoisotopic (exact) mass is 413 g/mol. The second-order valence-corrected chi connectivity index (χ2v) is 9.97. The molecule has 0 aliphatic carbocycles. The van der Waals surface area contributed by atoms with Crippen LogP contribution in [-0.4, -0.2) is 32.4 Å². The van der Waals surface area contributed by atoms with E-state index < -0.39 is 10.0 Å². The molecule has 0 saturated heterocycles. The van der Waals surface area contributed by atoms with Gasteiger partial charge in [0.05, 0.1) is 4.90 Å². The van der Waals surface area contributed by atoms with Gasteiger partial charge in [-0.1, -0.05) is 50.6 Å². The number of aromatic nitrogens is 1. The number of fused-ring (bicyclic) bond motifs is 1. The van der Waals surface area contributed by atoms with Crippen LogP contribution in [0.4, 0.5) is 0 Å². The van der Waals surface area contributed by atoms with Gasteiger partial charge < -0.3 is 10.3 Å². The lowest BCUT2D eigenvalue weighted by Gasteiger charge is -2.18. The molecule has 3 N–H and O–H groups in total. The van der Waals surface area contributed by atoms with E-state index in [1.807, 2.05) is 13.0 Å². The fourth-order valence-corrected chi connectivity index (χ4v) is 4.01. The first kappa shape index (κ1) is 21.1. The molecule has 6 nitrogen and oxygen atoms in total. The second-order valence-electron chi connectivity index (χ2n) is 8.20. The van der Waals surface area contributed by atoms with Crippen molar-refractivity contribution in [3.05, 3.63) is 65.4 Å². The number of carbonyl (C=O) groups is 1. The van der Waals surface area contributed by atoms with Gasteiger partial charge >= 0.3 is 0 Å². The molecule has 0 radical (unpaired) electrons. The molecule has 0 bridgehead atoms. The highest BCUT2D eigenvalue weighted by Crippen LogP contribution is 2.26. The van der Waals surface area contributed by atoms with Crippen LogP contribution in [0.2, 0.25) is 0 Å². The smallest absolute Gasteiger partial charge is 0.267 e. The van der Waals surface area contributed by atoms with Gasteiger partial charge in [-0.05, 0) is 42.2 Å². The predicted molar refractivity (Wildman–Crippen MR) is 116 cm³/mol. The number of carbonyl (C=O) groups excluding carboxylic acids is 1. The topological polar surface area (TPSA) is 91.1 Å². The maximum atomic E-state index is 12.4. The minimum Gasteiger partial charge on any atom is -0.351 e. The van der Waals surface area contributed by atoms with Crippen LogP contribution in [0.15, 0.2) is 53.4 Å². The number of hydrogen-bond acceptors (Lipinski definition) is 3. The lowest BCUT2D eigenvalue weighted by Crippen LogP contribution is -2.34. The highest BCUT2D eigenvalue weighted by Gasteiger charge is 2.16. The molecule has 0 fully saturated rings. The number of benzene rings is 2. The van der Waals surface area contributed by atoms with Gasteiger partial charge in [0.15, 0.2) is 0 Å². The summed E-state index contributed by atoms with van der Waals surface area (Å²) in [5, 5.41) is 3.70. The van der Waals surface area contributed by atoms with E-state index in [0.29, 0.717) is 5.69 Å². The fourth-order valence-electron chi connectivity index (χ4n) is 2.97. The average Bonchev–Trinajstić information content (AvgIpc) is 3.08. The van der Waals surface area contributed by atoms with Crippen LogP contribution in [0.1, 0.15) is 42.4 Å². The Hall–Kier alpha value is -2.64. The highest BCUT2D eigenvalue weighted by atomic mass is 32.2. The van der Waals surface area contributed by atoms with E-state index in [1.165, 1.54) is 5.56 Å². The molecule has 154 valence electrons. The van der Waals surface area contributed by atoms with Crippen molar-refractivity contribution >= 4 is 26.8 Å². The summed E-state index contributed by atoms with van der Waals surface area (Å²) in [7, 11) is -3.59. The van der Waals surface area contributed by atoms with Crippen molar-refractivity contribution in [3.63, 3.8) is 0 Å². The summed E-state index contributed by atoms with van der Waals surface area (Å²) >= 11 is 0. The number of rotatable bonds is 6. The molecule has 7 heteroatoms. The molecule has 0 saturated carbocycles. The number of hydrogen-bond donors (Lipinski definition) is 3. The number of amides is 1. The van der Waals surface area contributed by atoms with E-state index in [2.05, 4.69) is 47.9 Å². The summed E-state index contributed by atoms with van der Waals surface area (Å²) in [5.41, 5.74) is 3.56. The van der Waals surface area contributed by atoms with Crippen LogP contribution in [0, 0.1) is 6.92 Å². The van der Waals surface area contributed by atoms with Crippen molar-refractivity contribution in [2.24, 2.45) is 0 Å². The lowest BCUT2D eigenvalue weighted by atomic mass is 9.87. The molecule has 0 aliphatic rings. The average molecular weight is 414 g/mol. The minimum atomic E-state index is -3.59. The maximum Gasteiger partial charge on any atom is 0.267 e. The summed E-state index contributed by atoms with van der Waals surface area (Å²) < 4.78 is 27.0. The van der Waals surface area contributed by atoms with Crippen LogP contribution in [0.25, 0.3) is 10.9 Å². The molecular formula is C22H27N3O3S. The third-order valence-electron chi connectivity index (χ3n) is 4.77. The van der Waals surface area contributed by atoms with Gasteiger partial charge in [0.2, 0.25) is 10.0 Å². The highest BCUT2D eigenvalue weighted by molar-refractivity contribution is 7.89. The Kier molecular flexibility index (Phi) is 5.82. The van der Waals surface area contributed by atoms with Gasteiger partial charge in [-0.2, -0.15) is 0 Å². The Bertz CT molecular complexity index is 1120. The van der Waals surface area contributed by atoms with Crippen molar-refractivity contribution in [2.45, 2.75) is 38.0 Å². The molecule has 0 aliphatic heterocycles. The largest absolute Gasteiger partial charge is 0.351 e. The van der Waals surface area contributed by atoms with Crippen LogP contribution < -0.4 is 10.0 Å². The predicted octanol–water partition coefficient (Wildman–Crippen LogP) is 3.48. The third-order valence-corrected chi connectivity index (χ3v) is 6.24. The summed E-state index contributed by atoms with van der Waals surface area (Å²) in [4.78, 5) is 15.8. The summed E-state index contributed by atoms with van der Waals surface area (Å²) in [6.07, 6.45) is 0. The van der Waals surface area contributed by atoms with Gasteiger partial charge in [0, 0.05) is 24.0 Å². The molecule has 2 aromatic carbocycles. The number of aryl methyl sites for hydroxylation is 1. The van der Waals surface area contributed by atoms with E-state index in [-0.39, 0.29) is 29.3 Å². The zero-order valence-electron chi connectivity index (χ0n) is 17.2. The number of H-pyrrole nitrogens is 1. The number of nitrogens with one attached hydrogen (secondary N) is 3. The van der Waals surface area contributed by atoms with Gasteiger partial charge in [0.25, 0.3) is 5.91 Å². The van der Waals surface area contributed by atoms with Crippen molar-refractivity contribution in [3.8, 4) is 0 Å². The molecule has 1 heterocycles. The molecule has 29 heavy (non-hydrogen) atoms. The Balaban J connectivity index is 1.59. The molecule has 0 atom stereocenters. The quantitative estimate of drug-likeness (QED) is 0.540. The summed E-state index contributed by atoms with van der Waals surface area (Å²) in [5.74, 6) is -0.270. The molecule has 3 rings (SSSR count). The first-order chi connectivity index (χ1) is 13.6. The molecule has 0 unspecified atom stereocenters. The van der Waals surface area contributed by atoms with Crippen molar-refractivity contribution in [1.82, 2.24) is 15.0 Å². The molecule has 1 amide bonds. The molecule has 0 spiro atoms.